The monoisotopic (exact) mass is 261 g/mol. The molecule has 19 heavy (non-hydrogen) atoms. The molecule has 1 aliphatic carbocycles. The molecule has 1 amide bonds. The van der Waals surface area contributed by atoms with Crippen molar-refractivity contribution in [3.63, 3.8) is 0 Å². The van der Waals surface area contributed by atoms with E-state index in [0.29, 0.717) is 12.3 Å². The van der Waals surface area contributed by atoms with Gasteiger partial charge in [-0.05, 0) is 37.8 Å². The fourth-order valence-electron chi connectivity index (χ4n) is 2.73. The molecule has 3 N–H and O–H groups in total. The third-order valence-corrected chi connectivity index (χ3v) is 3.92. The first-order valence-electron chi connectivity index (χ1n) is 7.12. The molecule has 0 spiro atoms. The minimum atomic E-state index is -0.0477. The molecule has 1 aliphatic rings. The quantitative estimate of drug-likeness (QED) is 0.872. The zero-order valence-electron chi connectivity index (χ0n) is 11.5. The number of amides is 1. The highest BCUT2D eigenvalue weighted by Crippen LogP contribution is 2.25. The summed E-state index contributed by atoms with van der Waals surface area (Å²) in [5.41, 5.74) is 6.97. The van der Waals surface area contributed by atoms with Crippen LogP contribution in [0.15, 0.2) is 24.4 Å². The lowest BCUT2D eigenvalue weighted by Crippen LogP contribution is -2.37. The lowest BCUT2D eigenvalue weighted by molar-refractivity contribution is -0.123. The van der Waals surface area contributed by atoms with Crippen molar-refractivity contribution in [1.29, 1.82) is 0 Å². The summed E-state index contributed by atoms with van der Waals surface area (Å²) in [6, 6.07) is 5.87. The van der Waals surface area contributed by atoms with Crippen LogP contribution in [0.4, 0.5) is 0 Å². The number of carbonyl (C=O) groups is 1. The van der Waals surface area contributed by atoms with Gasteiger partial charge in [-0.15, -0.1) is 0 Å². The van der Waals surface area contributed by atoms with Crippen LogP contribution in [-0.2, 0) is 4.79 Å². The molecule has 1 aromatic heterocycles. The second-order valence-corrected chi connectivity index (χ2v) is 5.46. The summed E-state index contributed by atoms with van der Waals surface area (Å²) >= 11 is 0. The Morgan fingerprint density at radius 2 is 2.26 bits per heavy atom. The minimum absolute atomic E-state index is 0.0477. The van der Waals surface area contributed by atoms with E-state index >= 15 is 0 Å². The maximum absolute atomic E-state index is 12.0. The number of rotatable bonds is 4. The van der Waals surface area contributed by atoms with Gasteiger partial charge in [-0.3, -0.25) is 9.78 Å². The standard InChI is InChI=1S/C15H23N3O/c1-11(14-8-4-5-9-17-14)18-15(19)10-12-6-2-3-7-13(12)16/h4-5,8-9,11-13H,2-3,6-7,10,16H2,1H3,(H,18,19). The second kappa shape index (κ2) is 6.66. The third-order valence-electron chi connectivity index (χ3n) is 3.92. The third kappa shape index (κ3) is 4.03. The maximum atomic E-state index is 12.0. The predicted octanol–water partition coefficient (Wildman–Crippen LogP) is 2.17. The summed E-state index contributed by atoms with van der Waals surface area (Å²) in [7, 11) is 0. The first-order chi connectivity index (χ1) is 9.16. The van der Waals surface area contributed by atoms with Gasteiger partial charge in [0.1, 0.15) is 0 Å². The first kappa shape index (κ1) is 14.0. The summed E-state index contributed by atoms with van der Waals surface area (Å²) in [5.74, 6) is 0.421. The molecule has 0 aromatic carbocycles. The lowest BCUT2D eigenvalue weighted by atomic mass is 9.83. The number of pyridine rings is 1. The van der Waals surface area contributed by atoms with Crippen LogP contribution in [-0.4, -0.2) is 16.9 Å². The number of hydrogen-bond acceptors (Lipinski definition) is 3. The van der Waals surface area contributed by atoms with Gasteiger partial charge >= 0.3 is 0 Å². The molecular formula is C15H23N3O. The second-order valence-electron chi connectivity index (χ2n) is 5.46. The van der Waals surface area contributed by atoms with E-state index in [0.717, 1.165) is 18.5 Å². The summed E-state index contributed by atoms with van der Waals surface area (Å²) < 4.78 is 0. The SMILES string of the molecule is CC(NC(=O)CC1CCCCC1N)c1ccccn1. The van der Waals surface area contributed by atoms with Gasteiger partial charge in [0.25, 0.3) is 0 Å². The Morgan fingerprint density at radius 1 is 1.47 bits per heavy atom. The molecule has 0 saturated heterocycles. The minimum Gasteiger partial charge on any atom is -0.348 e. The molecule has 2 rings (SSSR count). The van der Waals surface area contributed by atoms with Crippen molar-refractivity contribution in [2.75, 3.05) is 0 Å². The van der Waals surface area contributed by atoms with Crippen molar-refractivity contribution in [2.24, 2.45) is 11.7 Å². The van der Waals surface area contributed by atoms with Crippen LogP contribution in [0.2, 0.25) is 0 Å². The summed E-state index contributed by atoms with van der Waals surface area (Å²) in [6.45, 7) is 1.96. The number of hydrogen-bond donors (Lipinski definition) is 2. The van der Waals surface area contributed by atoms with Crippen LogP contribution >= 0.6 is 0 Å². The Bertz CT molecular complexity index is 407. The van der Waals surface area contributed by atoms with E-state index in [4.69, 9.17) is 5.73 Å². The van der Waals surface area contributed by atoms with E-state index < -0.39 is 0 Å². The Balaban J connectivity index is 1.84. The van der Waals surface area contributed by atoms with Crippen molar-refractivity contribution in [3.8, 4) is 0 Å². The van der Waals surface area contributed by atoms with Gasteiger partial charge in [-0.1, -0.05) is 18.9 Å². The topological polar surface area (TPSA) is 68.0 Å². The van der Waals surface area contributed by atoms with Crippen LogP contribution < -0.4 is 11.1 Å². The fraction of sp³-hybridized carbons (Fsp3) is 0.600. The molecule has 1 saturated carbocycles. The van der Waals surface area contributed by atoms with Gasteiger partial charge < -0.3 is 11.1 Å². The van der Waals surface area contributed by atoms with Gasteiger partial charge in [0.05, 0.1) is 11.7 Å². The molecule has 4 nitrogen and oxygen atoms in total. The molecule has 1 aromatic rings. The van der Waals surface area contributed by atoms with Crippen LogP contribution in [0.1, 0.15) is 50.8 Å². The molecule has 4 heteroatoms. The zero-order chi connectivity index (χ0) is 13.7. The van der Waals surface area contributed by atoms with E-state index in [1.807, 2.05) is 25.1 Å². The van der Waals surface area contributed by atoms with Crippen molar-refractivity contribution in [1.82, 2.24) is 10.3 Å². The fourth-order valence-corrected chi connectivity index (χ4v) is 2.73. The van der Waals surface area contributed by atoms with Crippen molar-refractivity contribution >= 4 is 5.91 Å². The number of aromatic nitrogens is 1. The molecule has 0 bridgehead atoms. The number of carbonyl (C=O) groups excluding carboxylic acids is 1. The van der Waals surface area contributed by atoms with E-state index in [-0.39, 0.29) is 18.0 Å². The maximum Gasteiger partial charge on any atom is 0.220 e. The molecular weight excluding hydrogens is 238 g/mol. The smallest absolute Gasteiger partial charge is 0.220 e. The number of nitrogens with zero attached hydrogens (tertiary/aromatic N) is 1. The highest BCUT2D eigenvalue weighted by atomic mass is 16.1. The van der Waals surface area contributed by atoms with E-state index in [1.54, 1.807) is 6.20 Å². The van der Waals surface area contributed by atoms with Gasteiger partial charge in [-0.2, -0.15) is 0 Å². The Hall–Kier alpha value is -1.42. The molecule has 3 unspecified atom stereocenters. The summed E-state index contributed by atoms with van der Waals surface area (Å²) in [5, 5.41) is 3.01. The normalized spacial score (nSPS) is 24.7. The summed E-state index contributed by atoms with van der Waals surface area (Å²) in [4.78, 5) is 16.3. The van der Waals surface area contributed by atoms with Crippen molar-refractivity contribution in [2.45, 2.75) is 51.1 Å². The molecule has 104 valence electrons. The average Bonchev–Trinajstić information content (AvgIpc) is 2.42. The lowest BCUT2D eigenvalue weighted by Gasteiger charge is -2.28. The predicted molar refractivity (Wildman–Crippen MR) is 75.3 cm³/mol. The molecule has 0 aliphatic heterocycles. The van der Waals surface area contributed by atoms with Crippen LogP contribution in [0.25, 0.3) is 0 Å². The highest BCUT2D eigenvalue weighted by molar-refractivity contribution is 5.76. The van der Waals surface area contributed by atoms with Gasteiger partial charge in [0, 0.05) is 18.7 Å². The van der Waals surface area contributed by atoms with Gasteiger partial charge in [-0.25, -0.2) is 0 Å². The van der Waals surface area contributed by atoms with E-state index in [9.17, 15) is 4.79 Å². The van der Waals surface area contributed by atoms with Gasteiger partial charge in [0.15, 0.2) is 0 Å². The molecule has 1 heterocycles. The Morgan fingerprint density at radius 3 is 2.95 bits per heavy atom. The van der Waals surface area contributed by atoms with Crippen molar-refractivity contribution < 1.29 is 4.79 Å². The Labute approximate surface area is 114 Å². The largest absolute Gasteiger partial charge is 0.348 e. The van der Waals surface area contributed by atoms with Crippen molar-refractivity contribution in [3.05, 3.63) is 30.1 Å². The average molecular weight is 261 g/mol. The first-order valence-corrected chi connectivity index (χ1v) is 7.12. The highest BCUT2D eigenvalue weighted by Gasteiger charge is 2.24. The van der Waals surface area contributed by atoms with E-state index in [2.05, 4.69) is 10.3 Å². The van der Waals surface area contributed by atoms with E-state index in [1.165, 1.54) is 12.8 Å². The van der Waals surface area contributed by atoms with Crippen LogP contribution in [0.3, 0.4) is 0 Å². The molecule has 3 atom stereocenters. The number of nitrogens with two attached hydrogens (primary N) is 1. The molecule has 0 radical (unpaired) electrons. The zero-order valence-corrected chi connectivity index (χ0v) is 11.5. The summed E-state index contributed by atoms with van der Waals surface area (Å²) in [6.07, 6.45) is 6.80. The number of nitrogens with one attached hydrogen (secondary N) is 1. The molecule has 1 fully saturated rings. The Kier molecular flexibility index (Phi) is 4.91. The van der Waals surface area contributed by atoms with Crippen LogP contribution in [0.5, 0.6) is 0 Å². The van der Waals surface area contributed by atoms with Gasteiger partial charge in [0.2, 0.25) is 5.91 Å². The van der Waals surface area contributed by atoms with Crippen LogP contribution in [0, 0.1) is 5.92 Å².